The molecule has 3 heterocycles. The lowest BCUT2D eigenvalue weighted by Crippen LogP contribution is -2.41. The minimum Gasteiger partial charge on any atom is -0.381 e. The molecule has 2 aromatic carbocycles. The minimum absolute atomic E-state index is 0.0107. The van der Waals surface area contributed by atoms with E-state index in [0.29, 0.717) is 50.9 Å². The van der Waals surface area contributed by atoms with Crippen LogP contribution in [0.15, 0.2) is 60.7 Å². The van der Waals surface area contributed by atoms with E-state index in [9.17, 15) is 9.59 Å². The average Bonchev–Trinajstić information content (AvgIpc) is 3.72. The van der Waals surface area contributed by atoms with Crippen molar-refractivity contribution in [2.75, 3.05) is 37.7 Å². The molecular weight excluding hydrogens is 494 g/mol. The fraction of sp³-hybridized carbons (Fsp3) is 0.355. The van der Waals surface area contributed by atoms with Gasteiger partial charge in [-0.15, -0.1) is 11.3 Å². The lowest BCUT2D eigenvalue weighted by molar-refractivity contribution is -0.134. The van der Waals surface area contributed by atoms with Gasteiger partial charge in [0.05, 0.1) is 30.2 Å². The quantitative estimate of drug-likeness (QED) is 0.483. The van der Waals surface area contributed by atoms with Gasteiger partial charge in [0.25, 0.3) is 5.91 Å². The van der Waals surface area contributed by atoms with Crippen molar-refractivity contribution < 1.29 is 14.3 Å². The number of anilines is 1. The highest BCUT2D eigenvalue weighted by atomic mass is 32.1. The van der Waals surface area contributed by atoms with Crippen LogP contribution in [0.4, 0.5) is 5.69 Å². The van der Waals surface area contributed by atoms with E-state index < -0.39 is 0 Å². The lowest BCUT2D eigenvalue weighted by atomic mass is 10.1. The van der Waals surface area contributed by atoms with E-state index in [4.69, 9.17) is 4.74 Å². The van der Waals surface area contributed by atoms with Crippen molar-refractivity contribution in [1.82, 2.24) is 10.2 Å². The maximum Gasteiger partial charge on any atom is 0.258 e. The number of morpholine rings is 1. The number of hydrogen-bond donors (Lipinski definition) is 1. The zero-order valence-electron chi connectivity index (χ0n) is 21.7. The molecule has 1 aromatic heterocycles. The molecule has 0 unspecified atom stereocenters. The highest BCUT2D eigenvalue weighted by Gasteiger charge is 2.28. The van der Waals surface area contributed by atoms with Crippen molar-refractivity contribution in [1.29, 1.82) is 0 Å². The second-order valence-electron chi connectivity index (χ2n) is 10.2. The van der Waals surface area contributed by atoms with Gasteiger partial charge in [-0.05, 0) is 61.6 Å². The number of fused-ring (bicyclic) bond motifs is 3. The molecule has 6 nitrogen and oxygen atoms in total. The van der Waals surface area contributed by atoms with Crippen molar-refractivity contribution in [3.8, 4) is 10.4 Å². The number of thiophene rings is 1. The van der Waals surface area contributed by atoms with Gasteiger partial charge in [0.15, 0.2) is 0 Å². The summed E-state index contributed by atoms with van der Waals surface area (Å²) < 4.78 is 5.35. The number of amides is 2. The first-order valence-corrected chi connectivity index (χ1v) is 14.3. The molecule has 7 heteroatoms. The maximum absolute atomic E-state index is 13.7. The molecule has 196 valence electrons. The Labute approximate surface area is 227 Å². The summed E-state index contributed by atoms with van der Waals surface area (Å²) in [6, 6.07) is 18.7. The van der Waals surface area contributed by atoms with Crippen LogP contribution in [0.3, 0.4) is 0 Å². The van der Waals surface area contributed by atoms with Gasteiger partial charge in [0, 0.05) is 47.4 Å². The fourth-order valence-electron chi connectivity index (χ4n) is 5.20. The number of nitrogens with one attached hydrogen (secondary N) is 1. The molecular formula is C31H33N3O3S. The summed E-state index contributed by atoms with van der Waals surface area (Å²) in [7, 11) is 0. The van der Waals surface area contributed by atoms with Crippen molar-refractivity contribution in [2.24, 2.45) is 0 Å². The highest BCUT2D eigenvalue weighted by molar-refractivity contribution is 7.16. The smallest absolute Gasteiger partial charge is 0.258 e. The molecule has 3 aromatic rings. The predicted octanol–water partition coefficient (Wildman–Crippen LogP) is 5.13. The molecule has 38 heavy (non-hydrogen) atoms. The van der Waals surface area contributed by atoms with Gasteiger partial charge >= 0.3 is 0 Å². The van der Waals surface area contributed by atoms with E-state index in [-0.39, 0.29) is 11.8 Å². The van der Waals surface area contributed by atoms with Gasteiger partial charge in [0.1, 0.15) is 0 Å². The zero-order valence-corrected chi connectivity index (χ0v) is 22.6. The molecule has 1 aliphatic carbocycles. The van der Waals surface area contributed by atoms with Crippen LogP contribution in [-0.2, 0) is 22.4 Å². The average molecular weight is 528 g/mol. The number of hydrogen-bond acceptors (Lipinski definition) is 5. The van der Waals surface area contributed by atoms with Crippen molar-refractivity contribution in [2.45, 2.75) is 38.6 Å². The fourth-order valence-corrected chi connectivity index (χ4v) is 6.49. The summed E-state index contributed by atoms with van der Waals surface area (Å²) >= 11 is 1.81. The predicted molar refractivity (Wildman–Crippen MR) is 152 cm³/mol. The number of ether oxygens (including phenoxy) is 1. The third kappa shape index (κ3) is 5.13. The van der Waals surface area contributed by atoms with E-state index >= 15 is 0 Å². The number of nitrogens with zero attached hydrogens (tertiary/aromatic N) is 2. The largest absolute Gasteiger partial charge is 0.381 e. The minimum atomic E-state index is -0.0107. The molecule has 2 aliphatic heterocycles. The Hall–Kier alpha value is -3.42. The summed E-state index contributed by atoms with van der Waals surface area (Å²) in [6.07, 6.45) is 5.80. The van der Waals surface area contributed by atoms with Crippen molar-refractivity contribution in [3.63, 3.8) is 0 Å². The van der Waals surface area contributed by atoms with E-state index in [1.165, 1.54) is 33.9 Å². The normalized spacial score (nSPS) is 17.4. The number of allylic oxidation sites excluding steroid dienone is 1. The Balaban J connectivity index is 1.21. The summed E-state index contributed by atoms with van der Waals surface area (Å²) in [5.74, 6) is 0.0937. The third-order valence-corrected chi connectivity index (χ3v) is 8.75. The van der Waals surface area contributed by atoms with Crippen LogP contribution in [0.25, 0.3) is 16.1 Å². The van der Waals surface area contributed by atoms with E-state index in [1.54, 1.807) is 0 Å². The van der Waals surface area contributed by atoms with Gasteiger partial charge < -0.3 is 19.9 Å². The SMILES string of the molecule is CC=C(NC1CC1)c1cc2c(s1)-c1ccccc1N(C(=O)c1ccc(CC(=O)N3CCOCC3)cc1)CC2. The van der Waals surface area contributed by atoms with E-state index in [2.05, 4.69) is 42.6 Å². The number of benzene rings is 2. The van der Waals surface area contributed by atoms with Gasteiger partial charge in [-0.2, -0.15) is 0 Å². The summed E-state index contributed by atoms with van der Waals surface area (Å²) in [5, 5.41) is 3.67. The van der Waals surface area contributed by atoms with Gasteiger partial charge in [0.2, 0.25) is 5.91 Å². The third-order valence-electron chi connectivity index (χ3n) is 7.51. The topological polar surface area (TPSA) is 61.9 Å². The van der Waals surface area contributed by atoms with Gasteiger partial charge in [-0.25, -0.2) is 0 Å². The van der Waals surface area contributed by atoms with Crippen LogP contribution in [0, 0.1) is 0 Å². The Morgan fingerprint density at radius 2 is 1.82 bits per heavy atom. The second kappa shape index (κ2) is 10.8. The summed E-state index contributed by atoms with van der Waals surface area (Å²) in [5.41, 5.74) is 6.12. The molecule has 1 saturated carbocycles. The molecule has 2 fully saturated rings. The van der Waals surface area contributed by atoms with Crippen LogP contribution in [-0.4, -0.2) is 55.6 Å². The van der Waals surface area contributed by atoms with Crippen LogP contribution in [0.5, 0.6) is 0 Å². The monoisotopic (exact) mass is 527 g/mol. The van der Waals surface area contributed by atoms with Crippen LogP contribution in [0.2, 0.25) is 0 Å². The first kappa shape index (κ1) is 24.9. The Morgan fingerprint density at radius 3 is 2.55 bits per heavy atom. The van der Waals surface area contributed by atoms with Crippen LogP contribution >= 0.6 is 11.3 Å². The first-order chi connectivity index (χ1) is 18.6. The molecule has 1 saturated heterocycles. The summed E-state index contributed by atoms with van der Waals surface area (Å²) in [4.78, 5) is 32.6. The van der Waals surface area contributed by atoms with Gasteiger partial charge in [-0.3, -0.25) is 9.59 Å². The molecule has 2 amide bonds. The number of para-hydroxylation sites is 1. The molecule has 0 spiro atoms. The number of carbonyl (C=O) groups is 2. The maximum atomic E-state index is 13.7. The molecule has 6 rings (SSSR count). The molecule has 0 radical (unpaired) electrons. The highest BCUT2D eigenvalue weighted by Crippen LogP contribution is 2.43. The Bertz CT molecular complexity index is 1370. The van der Waals surface area contributed by atoms with Crippen molar-refractivity contribution in [3.05, 3.63) is 82.2 Å². The second-order valence-corrected chi connectivity index (χ2v) is 11.2. The Morgan fingerprint density at radius 1 is 1.05 bits per heavy atom. The van der Waals surface area contributed by atoms with E-state index in [1.807, 2.05) is 51.5 Å². The first-order valence-electron chi connectivity index (χ1n) is 13.5. The Kier molecular flexibility index (Phi) is 7.04. The summed E-state index contributed by atoms with van der Waals surface area (Å²) in [6.45, 7) is 5.19. The van der Waals surface area contributed by atoms with Crippen LogP contribution < -0.4 is 10.2 Å². The van der Waals surface area contributed by atoms with Gasteiger partial charge in [-0.1, -0.05) is 36.4 Å². The zero-order chi connectivity index (χ0) is 26.1. The molecule has 0 bridgehead atoms. The molecule has 3 aliphatic rings. The van der Waals surface area contributed by atoms with E-state index in [0.717, 1.165) is 23.2 Å². The van der Waals surface area contributed by atoms with Crippen molar-refractivity contribution >= 4 is 34.5 Å². The number of carbonyl (C=O) groups excluding carboxylic acids is 2. The van der Waals surface area contributed by atoms with Crippen LogP contribution in [0.1, 0.15) is 46.1 Å². The molecule has 1 N–H and O–H groups in total. The standard InChI is InChI=1S/C31H33N3O3S/c1-2-26(32-24-11-12-24)28-20-23-13-14-34(27-6-4-3-5-25(27)30(23)38-28)31(36)22-9-7-21(8-10-22)19-29(35)33-15-17-37-18-16-33/h2-10,20,24,32H,11-19H2,1H3. The lowest BCUT2D eigenvalue weighted by Gasteiger charge is -2.27. The molecule has 0 atom stereocenters. The number of rotatable bonds is 6.